The summed E-state index contributed by atoms with van der Waals surface area (Å²) in [7, 11) is 0. The molecule has 16 heavy (non-hydrogen) atoms. The maximum atomic E-state index is 6.11. The minimum absolute atomic E-state index is 0.128. The molecule has 0 saturated heterocycles. The van der Waals surface area contributed by atoms with Gasteiger partial charge < -0.3 is 5.73 Å². The van der Waals surface area contributed by atoms with E-state index in [4.69, 9.17) is 28.9 Å². The second-order valence-electron chi connectivity index (χ2n) is 4.06. The molecule has 0 spiro atoms. The topological polar surface area (TPSA) is 26.0 Å². The van der Waals surface area contributed by atoms with Gasteiger partial charge >= 0.3 is 0 Å². The number of halogens is 2. The highest BCUT2D eigenvalue weighted by Gasteiger charge is 2.10. The van der Waals surface area contributed by atoms with Crippen LogP contribution in [0.3, 0.4) is 0 Å². The molecule has 0 aromatic heterocycles. The molecular weight excluding hydrogens is 261 g/mol. The van der Waals surface area contributed by atoms with Crippen molar-refractivity contribution in [2.24, 2.45) is 5.73 Å². The Morgan fingerprint density at radius 3 is 2.62 bits per heavy atom. The first-order valence-corrected chi connectivity index (χ1v) is 7.11. The Morgan fingerprint density at radius 2 is 2.00 bits per heavy atom. The summed E-state index contributed by atoms with van der Waals surface area (Å²) in [6.45, 7) is 4.34. The third-order valence-electron chi connectivity index (χ3n) is 2.16. The van der Waals surface area contributed by atoms with Gasteiger partial charge in [-0.1, -0.05) is 49.2 Å². The van der Waals surface area contributed by atoms with Crippen molar-refractivity contribution in [3.8, 4) is 0 Å². The zero-order chi connectivity index (χ0) is 12.1. The molecule has 2 N–H and O–H groups in total. The molecule has 0 aliphatic heterocycles. The van der Waals surface area contributed by atoms with E-state index in [9.17, 15) is 0 Å². The lowest BCUT2D eigenvalue weighted by molar-refractivity contribution is 0.747. The molecule has 0 aliphatic carbocycles. The van der Waals surface area contributed by atoms with Crippen LogP contribution in [0.4, 0.5) is 0 Å². The second kappa shape index (κ2) is 6.75. The minimum atomic E-state index is 0.128. The molecule has 0 aliphatic rings. The molecule has 4 heteroatoms. The monoisotopic (exact) mass is 277 g/mol. The van der Waals surface area contributed by atoms with Crippen molar-refractivity contribution >= 4 is 35.0 Å². The van der Waals surface area contributed by atoms with Crippen LogP contribution >= 0.6 is 35.0 Å². The van der Waals surface area contributed by atoms with Crippen LogP contribution in [-0.2, 0) is 6.42 Å². The van der Waals surface area contributed by atoms with Crippen molar-refractivity contribution in [3.05, 3.63) is 33.8 Å². The van der Waals surface area contributed by atoms with Gasteiger partial charge in [0.1, 0.15) is 0 Å². The van der Waals surface area contributed by atoms with Gasteiger partial charge in [0.2, 0.25) is 0 Å². The quantitative estimate of drug-likeness (QED) is 0.880. The summed E-state index contributed by atoms with van der Waals surface area (Å²) in [4.78, 5) is 0. The number of hydrogen-bond acceptors (Lipinski definition) is 2. The smallest absolute Gasteiger partial charge is 0.0624 e. The predicted octanol–water partition coefficient (Wildman–Crippen LogP) is 4.00. The van der Waals surface area contributed by atoms with Crippen LogP contribution in [0.1, 0.15) is 19.4 Å². The molecular formula is C12H17Cl2NS. The summed E-state index contributed by atoms with van der Waals surface area (Å²) in [6, 6.07) is 5.81. The number of thioether (sulfide) groups is 1. The molecule has 0 fully saturated rings. The first-order chi connectivity index (χ1) is 7.50. The van der Waals surface area contributed by atoms with Crippen LogP contribution in [0.2, 0.25) is 10.0 Å². The minimum Gasteiger partial charge on any atom is -0.327 e. The Balaban J connectivity index is 2.56. The summed E-state index contributed by atoms with van der Waals surface area (Å²) < 4.78 is 0. The van der Waals surface area contributed by atoms with Gasteiger partial charge in [0.25, 0.3) is 0 Å². The van der Waals surface area contributed by atoms with Crippen LogP contribution in [-0.4, -0.2) is 17.0 Å². The maximum absolute atomic E-state index is 6.11. The van der Waals surface area contributed by atoms with Crippen molar-refractivity contribution in [1.82, 2.24) is 0 Å². The molecule has 0 bridgehead atoms. The molecule has 1 atom stereocenters. The van der Waals surface area contributed by atoms with E-state index in [1.807, 2.05) is 23.9 Å². The van der Waals surface area contributed by atoms with E-state index in [0.717, 1.165) is 17.7 Å². The van der Waals surface area contributed by atoms with Crippen LogP contribution in [0.5, 0.6) is 0 Å². The lowest BCUT2D eigenvalue weighted by Crippen LogP contribution is -2.26. The number of rotatable bonds is 5. The summed E-state index contributed by atoms with van der Waals surface area (Å²) in [5.41, 5.74) is 7.08. The van der Waals surface area contributed by atoms with Crippen molar-refractivity contribution in [1.29, 1.82) is 0 Å². The fraction of sp³-hybridized carbons (Fsp3) is 0.500. The van der Waals surface area contributed by atoms with Gasteiger partial charge in [-0.3, -0.25) is 0 Å². The van der Waals surface area contributed by atoms with E-state index in [-0.39, 0.29) is 6.04 Å². The molecule has 0 radical (unpaired) electrons. The van der Waals surface area contributed by atoms with Crippen molar-refractivity contribution in [2.45, 2.75) is 31.6 Å². The largest absolute Gasteiger partial charge is 0.327 e. The van der Waals surface area contributed by atoms with Gasteiger partial charge in [-0.15, -0.1) is 0 Å². The Bertz CT molecular complexity index is 342. The van der Waals surface area contributed by atoms with Crippen LogP contribution in [0, 0.1) is 0 Å². The Labute approximate surface area is 112 Å². The average molecular weight is 278 g/mol. The number of nitrogens with two attached hydrogens (primary N) is 1. The Kier molecular flexibility index (Phi) is 5.98. The highest BCUT2D eigenvalue weighted by atomic mass is 35.5. The van der Waals surface area contributed by atoms with Gasteiger partial charge in [0, 0.05) is 11.8 Å². The summed E-state index contributed by atoms with van der Waals surface area (Å²) in [6.07, 6.45) is 0.777. The van der Waals surface area contributed by atoms with E-state index in [1.165, 1.54) is 0 Å². The van der Waals surface area contributed by atoms with E-state index >= 15 is 0 Å². The van der Waals surface area contributed by atoms with Crippen LogP contribution < -0.4 is 5.73 Å². The molecule has 0 saturated carbocycles. The third kappa shape index (κ3) is 4.54. The van der Waals surface area contributed by atoms with E-state index in [0.29, 0.717) is 15.3 Å². The summed E-state index contributed by atoms with van der Waals surface area (Å²) in [5.74, 6) is 0.945. The van der Waals surface area contributed by atoms with Gasteiger partial charge in [0.05, 0.1) is 10.0 Å². The number of hydrogen-bond donors (Lipinski definition) is 1. The van der Waals surface area contributed by atoms with Gasteiger partial charge in [0.15, 0.2) is 0 Å². The first-order valence-electron chi connectivity index (χ1n) is 5.30. The van der Waals surface area contributed by atoms with Crippen molar-refractivity contribution in [3.63, 3.8) is 0 Å². The molecule has 1 nitrogen and oxygen atoms in total. The van der Waals surface area contributed by atoms with Gasteiger partial charge in [-0.05, 0) is 23.3 Å². The van der Waals surface area contributed by atoms with E-state index in [1.54, 1.807) is 6.07 Å². The molecule has 90 valence electrons. The highest BCUT2D eigenvalue weighted by molar-refractivity contribution is 7.99. The fourth-order valence-electron chi connectivity index (χ4n) is 1.36. The van der Waals surface area contributed by atoms with E-state index in [2.05, 4.69) is 13.8 Å². The van der Waals surface area contributed by atoms with Crippen molar-refractivity contribution < 1.29 is 0 Å². The summed E-state index contributed by atoms with van der Waals surface area (Å²) in [5, 5.41) is 1.85. The zero-order valence-electron chi connectivity index (χ0n) is 9.54. The lowest BCUT2D eigenvalue weighted by Gasteiger charge is -2.14. The Morgan fingerprint density at radius 1 is 1.31 bits per heavy atom. The number of benzene rings is 1. The van der Waals surface area contributed by atoms with Crippen LogP contribution in [0.15, 0.2) is 18.2 Å². The van der Waals surface area contributed by atoms with Crippen LogP contribution in [0.25, 0.3) is 0 Å². The molecule has 1 aromatic carbocycles. The molecule has 0 heterocycles. The molecule has 0 amide bonds. The predicted molar refractivity (Wildman–Crippen MR) is 75.7 cm³/mol. The third-order valence-corrected chi connectivity index (χ3v) is 4.30. The lowest BCUT2D eigenvalue weighted by atomic mass is 10.1. The zero-order valence-corrected chi connectivity index (χ0v) is 11.9. The normalized spacial score (nSPS) is 13.1. The molecule has 1 aromatic rings. The maximum Gasteiger partial charge on any atom is 0.0624 e. The molecule has 1 rings (SSSR count). The summed E-state index contributed by atoms with van der Waals surface area (Å²) >= 11 is 13.9. The van der Waals surface area contributed by atoms with Gasteiger partial charge in [-0.25, -0.2) is 0 Å². The van der Waals surface area contributed by atoms with E-state index < -0.39 is 0 Å². The first kappa shape index (κ1) is 14.2. The van der Waals surface area contributed by atoms with Gasteiger partial charge in [-0.2, -0.15) is 11.8 Å². The van der Waals surface area contributed by atoms with Crippen molar-refractivity contribution in [2.75, 3.05) is 5.75 Å². The average Bonchev–Trinajstić information content (AvgIpc) is 2.22. The SMILES string of the molecule is CC(C)SCC(N)Cc1cccc(Cl)c1Cl. The Hall–Kier alpha value is 0.110. The standard InChI is InChI=1S/C12H17Cl2NS/c1-8(2)16-7-10(15)6-9-4-3-5-11(13)12(9)14/h3-5,8,10H,6-7,15H2,1-2H3. The molecule has 1 unspecified atom stereocenters. The highest BCUT2D eigenvalue weighted by Crippen LogP contribution is 2.26. The fourth-order valence-corrected chi connectivity index (χ4v) is 2.51. The second-order valence-corrected chi connectivity index (χ2v) is 6.45.